The second-order valence-corrected chi connectivity index (χ2v) is 7.90. The Hall–Kier alpha value is -1.31. The van der Waals surface area contributed by atoms with Crippen molar-refractivity contribution in [1.82, 2.24) is 5.32 Å². The van der Waals surface area contributed by atoms with E-state index >= 15 is 0 Å². The van der Waals surface area contributed by atoms with E-state index in [2.05, 4.69) is 25.2 Å². The molecule has 4 fully saturated rings. The molecule has 4 aliphatic carbocycles. The van der Waals surface area contributed by atoms with Gasteiger partial charge in [-0.05, 0) is 87.3 Å². The molecule has 0 saturated heterocycles. The van der Waals surface area contributed by atoms with Crippen LogP contribution in [0, 0.1) is 31.6 Å². The second kappa shape index (κ2) is 4.59. The molecule has 0 aliphatic heterocycles. The molecular formula is C19H25NO. The molecule has 0 radical (unpaired) electrons. The molecule has 0 spiro atoms. The van der Waals surface area contributed by atoms with Crippen molar-refractivity contribution in [2.75, 3.05) is 0 Å². The van der Waals surface area contributed by atoms with E-state index in [0.717, 1.165) is 28.9 Å². The molecule has 1 amide bonds. The summed E-state index contributed by atoms with van der Waals surface area (Å²) in [6, 6.07) is 6.05. The van der Waals surface area contributed by atoms with Crippen LogP contribution in [0.2, 0.25) is 0 Å². The van der Waals surface area contributed by atoms with Gasteiger partial charge in [0.1, 0.15) is 0 Å². The molecule has 2 heteroatoms. The van der Waals surface area contributed by atoms with Crippen LogP contribution in [0.5, 0.6) is 0 Å². The van der Waals surface area contributed by atoms with E-state index in [9.17, 15) is 4.79 Å². The van der Waals surface area contributed by atoms with E-state index in [0.29, 0.717) is 0 Å². The van der Waals surface area contributed by atoms with Crippen molar-refractivity contribution in [2.24, 2.45) is 17.8 Å². The van der Waals surface area contributed by atoms with E-state index in [1.165, 1.54) is 44.1 Å². The van der Waals surface area contributed by atoms with Crippen molar-refractivity contribution < 1.29 is 4.79 Å². The first kappa shape index (κ1) is 13.4. The number of aryl methyl sites for hydroxylation is 1. The van der Waals surface area contributed by atoms with Gasteiger partial charge in [-0.25, -0.2) is 0 Å². The zero-order chi connectivity index (χ0) is 14.6. The van der Waals surface area contributed by atoms with Crippen LogP contribution in [0.1, 0.15) is 60.0 Å². The number of benzene rings is 1. The van der Waals surface area contributed by atoms with Crippen molar-refractivity contribution in [1.29, 1.82) is 0 Å². The summed E-state index contributed by atoms with van der Waals surface area (Å²) in [5.41, 5.74) is 3.31. The fourth-order valence-electron chi connectivity index (χ4n) is 5.57. The molecular weight excluding hydrogens is 258 g/mol. The van der Waals surface area contributed by atoms with E-state index in [-0.39, 0.29) is 11.4 Å². The highest BCUT2D eigenvalue weighted by Gasteiger charge is 2.51. The first-order chi connectivity index (χ1) is 10.0. The number of carbonyl (C=O) groups is 1. The highest BCUT2D eigenvalue weighted by Crippen LogP contribution is 2.55. The van der Waals surface area contributed by atoms with Crippen molar-refractivity contribution in [3.8, 4) is 0 Å². The molecule has 4 aliphatic rings. The van der Waals surface area contributed by atoms with Gasteiger partial charge in [0.25, 0.3) is 5.91 Å². The maximum Gasteiger partial charge on any atom is 0.251 e. The van der Waals surface area contributed by atoms with Gasteiger partial charge < -0.3 is 5.32 Å². The Morgan fingerprint density at radius 3 is 2.19 bits per heavy atom. The zero-order valence-electron chi connectivity index (χ0n) is 13.1. The summed E-state index contributed by atoms with van der Waals surface area (Å²) in [6.07, 6.45) is 7.90. The Bertz CT molecular complexity index is 554. The number of rotatable bonds is 2. The Morgan fingerprint density at radius 1 is 1.05 bits per heavy atom. The molecule has 4 bridgehead atoms. The van der Waals surface area contributed by atoms with Crippen molar-refractivity contribution in [2.45, 2.75) is 57.9 Å². The van der Waals surface area contributed by atoms with Crippen LogP contribution in [0.25, 0.3) is 0 Å². The number of hydrogen-bond donors (Lipinski definition) is 1. The molecule has 0 atom stereocenters. The smallest absolute Gasteiger partial charge is 0.251 e. The fourth-order valence-corrected chi connectivity index (χ4v) is 5.57. The summed E-state index contributed by atoms with van der Waals surface area (Å²) in [6.45, 7) is 4.14. The van der Waals surface area contributed by atoms with Gasteiger partial charge in [-0.3, -0.25) is 4.79 Å². The maximum absolute atomic E-state index is 12.8. The van der Waals surface area contributed by atoms with Gasteiger partial charge in [-0.1, -0.05) is 12.1 Å². The SMILES string of the molecule is Cc1cccc(C(=O)NC23CC4CC(CC(C4)C2)C3)c1C. The van der Waals surface area contributed by atoms with Crippen LogP contribution < -0.4 is 5.32 Å². The molecule has 0 unspecified atom stereocenters. The predicted molar refractivity (Wildman–Crippen MR) is 84.3 cm³/mol. The highest BCUT2D eigenvalue weighted by molar-refractivity contribution is 5.96. The molecule has 4 saturated carbocycles. The minimum Gasteiger partial charge on any atom is -0.347 e. The Labute approximate surface area is 127 Å². The number of carbonyl (C=O) groups excluding carboxylic acids is 1. The Morgan fingerprint density at radius 2 is 1.62 bits per heavy atom. The second-order valence-electron chi connectivity index (χ2n) is 7.90. The summed E-state index contributed by atoms with van der Waals surface area (Å²) in [5.74, 6) is 2.76. The molecule has 2 nitrogen and oxygen atoms in total. The summed E-state index contributed by atoms with van der Waals surface area (Å²) in [7, 11) is 0. The van der Waals surface area contributed by atoms with Crippen molar-refractivity contribution >= 4 is 5.91 Å². The third kappa shape index (κ3) is 2.20. The molecule has 0 heterocycles. The molecule has 0 aromatic heterocycles. The number of nitrogens with one attached hydrogen (secondary N) is 1. The lowest BCUT2D eigenvalue weighted by molar-refractivity contribution is -0.0167. The van der Waals surface area contributed by atoms with Crippen LogP contribution in [0.4, 0.5) is 0 Å². The average Bonchev–Trinajstić information content (AvgIpc) is 2.39. The molecule has 1 N–H and O–H groups in total. The average molecular weight is 283 g/mol. The molecule has 1 aromatic rings. The van der Waals surface area contributed by atoms with E-state index < -0.39 is 0 Å². The molecule has 5 rings (SSSR count). The van der Waals surface area contributed by atoms with Crippen LogP contribution in [-0.4, -0.2) is 11.4 Å². The Kier molecular flexibility index (Phi) is 2.92. The van der Waals surface area contributed by atoms with Crippen molar-refractivity contribution in [3.63, 3.8) is 0 Å². The number of hydrogen-bond acceptors (Lipinski definition) is 1. The third-order valence-electron chi connectivity index (χ3n) is 6.27. The lowest BCUT2D eigenvalue weighted by Crippen LogP contribution is -2.59. The first-order valence-electron chi connectivity index (χ1n) is 8.43. The standard InChI is InChI=1S/C19H25NO/c1-12-4-3-5-17(13(12)2)18(21)20-19-9-14-6-15(10-19)8-16(7-14)11-19/h3-5,14-16H,6-11H2,1-2H3,(H,20,21). The van der Waals surface area contributed by atoms with Crippen LogP contribution >= 0.6 is 0 Å². The first-order valence-corrected chi connectivity index (χ1v) is 8.43. The fraction of sp³-hybridized carbons (Fsp3) is 0.632. The van der Waals surface area contributed by atoms with Gasteiger partial charge in [0.05, 0.1) is 0 Å². The third-order valence-corrected chi connectivity index (χ3v) is 6.27. The van der Waals surface area contributed by atoms with Gasteiger partial charge in [0, 0.05) is 11.1 Å². The normalized spacial score (nSPS) is 36.8. The van der Waals surface area contributed by atoms with Gasteiger partial charge in [-0.15, -0.1) is 0 Å². The lowest BCUT2D eigenvalue weighted by atomic mass is 9.53. The summed E-state index contributed by atoms with van der Waals surface area (Å²) < 4.78 is 0. The minimum absolute atomic E-state index is 0.113. The van der Waals surface area contributed by atoms with Gasteiger partial charge in [-0.2, -0.15) is 0 Å². The van der Waals surface area contributed by atoms with E-state index in [1.807, 2.05) is 12.1 Å². The number of amides is 1. The van der Waals surface area contributed by atoms with Crippen LogP contribution in [-0.2, 0) is 0 Å². The zero-order valence-corrected chi connectivity index (χ0v) is 13.1. The van der Waals surface area contributed by atoms with Crippen LogP contribution in [0.3, 0.4) is 0 Å². The lowest BCUT2D eigenvalue weighted by Gasteiger charge is -2.56. The van der Waals surface area contributed by atoms with Gasteiger partial charge in [0.15, 0.2) is 0 Å². The summed E-state index contributed by atoms with van der Waals surface area (Å²) in [4.78, 5) is 12.8. The molecule has 112 valence electrons. The monoisotopic (exact) mass is 283 g/mol. The topological polar surface area (TPSA) is 29.1 Å². The van der Waals surface area contributed by atoms with E-state index in [4.69, 9.17) is 0 Å². The van der Waals surface area contributed by atoms with Gasteiger partial charge >= 0.3 is 0 Å². The maximum atomic E-state index is 12.8. The van der Waals surface area contributed by atoms with E-state index in [1.54, 1.807) is 0 Å². The summed E-state index contributed by atoms with van der Waals surface area (Å²) >= 11 is 0. The largest absolute Gasteiger partial charge is 0.347 e. The summed E-state index contributed by atoms with van der Waals surface area (Å²) in [5, 5.41) is 3.47. The quantitative estimate of drug-likeness (QED) is 0.873. The minimum atomic E-state index is 0.113. The highest BCUT2D eigenvalue weighted by atomic mass is 16.1. The van der Waals surface area contributed by atoms with Crippen LogP contribution in [0.15, 0.2) is 18.2 Å². The predicted octanol–water partition coefficient (Wildman–Crippen LogP) is 4.00. The molecule has 21 heavy (non-hydrogen) atoms. The molecule has 1 aromatic carbocycles. The Balaban J connectivity index is 1.58. The van der Waals surface area contributed by atoms with Crippen molar-refractivity contribution in [3.05, 3.63) is 34.9 Å². The van der Waals surface area contributed by atoms with Gasteiger partial charge in [0.2, 0.25) is 0 Å².